The summed E-state index contributed by atoms with van der Waals surface area (Å²) in [6, 6.07) is 9.72. The van der Waals surface area contributed by atoms with Gasteiger partial charge < -0.3 is 10.6 Å². The molecule has 0 unspecified atom stereocenters. The van der Waals surface area contributed by atoms with E-state index in [2.05, 4.69) is 9.88 Å². The van der Waals surface area contributed by atoms with Crippen LogP contribution in [0.3, 0.4) is 0 Å². The van der Waals surface area contributed by atoms with Crippen LogP contribution in [0.15, 0.2) is 36.5 Å². The van der Waals surface area contributed by atoms with Crippen LogP contribution < -0.4 is 10.6 Å². The Morgan fingerprint density at radius 1 is 1.04 bits per heavy atom. The van der Waals surface area contributed by atoms with Gasteiger partial charge in [-0.15, -0.1) is 0 Å². The zero-order chi connectivity index (χ0) is 19.0. The molecule has 1 saturated heterocycles. The highest BCUT2D eigenvalue weighted by atomic mass is 16.1. The molecule has 138 valence electrons. The van der Waals surface area contributed by atoms with Crippen molar-refractivity contribution in [3.05, 3.63) is 53.2 Å². The van der Waals surface area contributed by atoms with Gasteiger partial charge in [0.05, 0.1) is 17.2 Å². The number of anilines is 1. The van der Waals surface area contributed by atoms with Crippen LogP contribution in [0.5, 0.6) is 0 Å². The molecule has 0 saturated carbocycles. The van der Waals surface area contributed by atoms with E-state index in [1.165, 1.54) is 19.3 Å². The third-order valence-electron chi connectivity index (χ3n) is 5.50. The number of carbonyl (C=O) groups is 1. The summed E-state index contributed by atoms with van der Waals surface area (Å²) in [5, 5.41) is 0. The monoisotopic (exact) mass is 360 g/mol. The molecule has 3 aromatic rings. The minimum atomic E-state index is -0.415. The van der Waals surface area contributed by atoms with E-state index in [1.807, 2.05) is 44.3 Å². The number of hydrogen-bond donors (Lipinski definition) is 1. The number of nitrogens with zero attached hydrogens (tertiary/aromatic N) is 3. The van der Waals surface area contributed by atoms with Gasteiger partial charge in [-0.2, -0.15) is 0 Å². The lowest BCUT2D eigenvalue weighted by molar-refractivity contribution is 0.100. The van der Waals surface area contributed by atoms with E-state index < -0.39 is 5.91 Å². The van der Waals surface area contributed by atoms with Crippen LogP contribution in [0.25, 0.3) is 22.2 Å². The minimum Gasteiger partial charge on any atom is -0.366 e. The summed E-state index contributed by atoms with van der Waals surface area (Å²) in [6.07, 6.45) is 5.54. The molecule has 5 nitrogen and oxygen atoms in total. The van der Waals surface area contributed by atoms with E-state index in [4.69, 9.17) is 10.7 Å². The largest absolute Gasteiger partial charge is 0.366 e. The number of aryl methyl sites for hydroxylation is 1. The molecule has 2 N–H and O–H groups in total. The van der Waals surface area contributed by atoms with E-state index in [9.17, 15) is 4.79 Å². The number of piperidine rings is 1. The molecule has 4 rings (SSSR count). The second-order valence-electron chi connectivity index (χ2n) is 7.27. The van der Waals surface area contributed by atoms with Crippen LogP contribution in [0.1, 0.15) is 40.7 Å². The van der Waals surface area contributed by atoms with Crippen LogP contribution in [-0.2, 0) is 0 Å². The van der Waals surface area contributed by atoms with Crippen LogP contribution in [0.4, 0.5) is 5.82 Å². The van der Waals surface area contributed by atoms with Crippen molar-refractivity contribution in [1.82, 2.24) is 9.97 Å². The number of hydrogen-bond acceptors (Lipinski definition) is 4. The lowest BCUT2D eigenvalue weighted by Gasteiger charge is -2.27. The third-order valence-corrected chi connectivity index (χ3v) is 5.50. The molecule has 1 aliphatic rings. The fraction of sp³-hybridized carbons (Fsp3) is 0.318. The zero-order valence-electron chi connectivity index (χ0n) is 15.8. The highest BCUT2D eigenvalue weighted by Crippen LogP contribution is 2.31. The molecule has 1 aromatic heterocycles. The molecular formula is C22H24N4O. The van der Waals surface area contributed by atoms with Crippen LogP contribution >= 0.6 is 0 Å². The van der Waals surface area contributed by atoms with E-state index in [0.717, 1.165) is 52.2 Å². The Balaban J connectivity index is 1.84. The first-order valence-electron chi connectivity index (χ1n) is 9.47. The molecule has 0 spiro atoms. The van der Waals surface area contributed by atoms with Crippen LogP contribution in [0, 0.1) is 13.8 Å². The molecule has 0 aliphatic carbocycles. The average Bonchev–Trinajstić information content (AvgIpc) is 2.69. The van der Waals surface area contributed by atoms with E-state index >= 15 is 0 Å². The number of carbonyl (C=O) groups excluding carboxylic acids is 1. The van der Waals surface area contributed by atoms with Crippen LogP contribution in [-0.4, -0.2) is 29.0 Å². The van der Waals surface area contributed by atoms with Gasteiger partial charge in [0.1, 0.15) is 5.82 Å². The maximum atomic E-state index is 12.0. The summed E-state index contributed by atoms with van der Waals surface area (Å²) in [4.78, 5) is 23.7. The van der Waals surface area contributed by atoms with E-state index in [-0.39, 0.29) is 0 Å². The summed E-state index contributed by atoms with van der Waals surface area (Å²) in [5.41, 5.74) is 11.9. The fourth-order valence-corrected chi connectivity index (χ4v) is 3.83. The first kappa shape index (κ1) is 17.5. The Morgan fingerprint density at radius 2 is 1.81 bits per heavy atom. The Hall–Kier alpha value is -2.95. The number of aromatic nitrogens is 2. The first-order valence-corrected chi connectivity index (χ1v) is 9.47. The Labute approximate surface area is 159 Å². The van der Waals surface area contributed by atoms with Gasteiger partial charge in [0.2, 0.25) is 5.91 Å². The van der Waals surface area contributed by atoms with Gasteiger partial charge in [0.25, 0.3) is 0 Å². The van der Waals surface area contributed by atoms with Crippen LogP contribution in [0.2, 0.25) is 0 Å². The first-order chi connectivity index (χ1) is 13.0. The Kier molecular flexibility index (Phi) is 4.52. The number of benzene rings is 2. The zero-order valence-corrected chi connectivity index (χ0v) is 15.8. The predicted molar refractivity (Wildman–Crippen MR) is 109 cm³/mol. The van der Waals surface area contributed by atoms with E-state index in [1.54, 1.807) is 6.07 Å². The molecule has 1 aliphatic heterocycles. The van der Waals surface area contributed by atoms with Crippen molar-refractivity contribution in [2.75, 3.05) is 18.0 Å². The van der Waals surface area contributed by atoms with Gasteiger partial charge in [0, 0.05) is 18.7 Å². The standard InChI is InChI=1S/C22H24N4O/c1-14-6-8-17(22(23)27)21(15(14)2)16-7-9-18-19(12-16)25-20(13-24-18)26-10-4-3-5-11-26/h6-9,12-13H,3-5,10-11H2,1-2H3,(H2,23,27). The van der Waals surface area contributed by atoms with Crippen molar-refractivity contribution in [2.24, 2.45) is 5.73 Å². The fourth-order valence-electron chi connectivity index (χ4n) is 3.83. The number of nitrogens with two attached hydrogens (primary N) is 1. The summed E-state index contributed by atoms with van der Waals surface area (Å²) in [6.45, 7) is 6.13. The predicted octanol–water partition coefficient (Wildman–Crippen LogP) is 4.00. The molecule has 0 atom stereocenters. The minimum absolute atomic E-state index is 0.415. The van der Waals surface area contributed by atoms with Crippen molar-refractivity contribution < 1.29 is 4.79 Å². The van der Waals surface area contributed by atoms with Gasteiger partial charge in [-0.05, 0) is 73.6 Å². The summed E-state index contributed by atoms with van der Waals surface area (Å²) in [5.74, 6) is 0.511. The van der Waals surface area contributed by atoms with Gasteiger partial charge >= 0.3 is 0 Å². The van der Waals surface area contributed by atoms with Crippen molar-refractivity contribution in [1.29, 1.82) is 0 Å². The SMILES string of the molecule is Cc1ccc(C(N)=O)c(-c2ccc3ncc(N4CCCCC4)nc3c2)c1C. The van der Waals surface area contributed by atoms with Crippen molar-refractivity contribution in [2.45, 2.75) is 33.1 Å². The van der Waals surface area contributed by atoms with Gasteiger partial charge in [0.15, 0.2) is 0 Å². The molecule has 27 heavy (non-hydrogen) atoms. The molecule has 1 fully saturated rings. The van der Waals surface area contributed by atoms with Crippen molar-refractivity contribution >= 4 is 22.8 Å². The lowest BCUT2D eigenvalue weighted by atomic mass is 9.91. The van der Waals surface area contributed by atoms with Gasteiger partial charge in [-0.25, -0.2) is 4.98 Å². The normalized spacial score (nSPS) is 14.5. The maximum Gasteiger partial charge on any atom is 0.249 e. The molecule has 1 amide bonds. The summed E-state index contributed by atoms with van der Waals surface area (Å²) < 4.78 is 0. The quantitative estimate of drug-likeness (QED) is 0.766. The highest BCUT2D eigenvalue weighted by Gasteiger charge is 2.16. The second-order valence-corrected chi connectivity index (χ2v) is 7.27. The van der Waals surface area contributed by atoms with Gasteiger partial charge in [-0.3, -0.25) is 9.78 Å². The van der Waals surface area contributed by atoms with E-state index in [0.29, 0.717) is 5.56 Å². The van der Waals surface area contributed by atoms with Crippen molar-refractivity contribution in [3.63, 3.8) is 0 Å². The summed E-state index contributed by atoms with van der Waals surface area (Å²) >= 11 is 0. The number of primary amides is 1. The number of fused-ring (bicyclic) bond motifs is 1. The summed E-state index contributed by atoms with van der Waals surface area (Å²) in [7, 11) is 0. The molecule has 2 heterocycles. The maximum absolute atomic E-state index is 12.0. The molecule has 2 aromatic carbocycles. The smallest absolute Gasteiger partial charge is 0.249 e. The number of rotatable bonds is 3. The lowest BCUT2D eigenvalue weighted by Crippen LogP contribution is -2.30. The topological polar surface area (TPSA) is 72.1 Å². The third kappa shape index (κ3) is 3.25. The Bertz CT molecular complexity index is 1020. The Morgan fingerprint density at radius 3 is 2.56 bits per heavy atom. The van der Waals surface area contributed by atoms with Gasteiger partial charge in [-0.1, -0.05) is 12.1 Å². The molecule has 0 bridgehead atoms. The average molecular weight is 360 g/mol. The molecular weight excluding hydrogens is 336 g/mol. The van der Waals surface area contributed by atoms with Crippen molar-refractivity contribution in [3.8, 4) is 11.1 Å². The highest BCUT2D eigenvalue weighted by molar-refractivity contribution is 6.01. The number of amides is 1. The molecule has 0 radical (unpaired) electrons. The molecule has 5 heteroatoms. The second kappa shape index (κ2) is 6.99.